The molecular formula is C18H18N2O4. The normalized spacial score (nSPS) is 10.8. The number of amides is 1. The number of aromatic nitrogens is 1. The monoisotopic (exact) mass is 326 g/mol. The van der Waals surface area contributed by atoms with Gasteiger partial charge in [-0.05, 0) is 49.2 Å². The molecule has 3 rings (SSSR count). The Labute approximate surface area is 138 Å². The van der Waals surface area contributed by atoms with Gasteiger partial charge in [-0.15, -0.1) is 0 Å². The van der Waals surface area contributed by atoms with Crippen LogP contribution in [0.4, 0.5) is 5.69 Å². The number of aryl methyl sites for hydroxylation is 1. The number of aromatic amines is 1. The van der Waals surface area contributed by atoms with Crippen LogP contribution in [0, 0.1) is 13.8 Å². The van der Waals surface area contributed by atoms with Gasteiger partial charge in [-0.1, -0.05) is 12.1 Å². The largest absolute Gasteiger partial charge is 0.493 e. The van der Waals surface area contributed by atoms with Crippen LogP contribution in [0.1, 0.15) is 17.5 Å². The summed E-state index contributed by atoms with van der Waals surface area (Å²) < 4.78 is 10.6. The van der Waals surface area contributed by atoms with E-state index >= 15 is 0 Å². The Kier molecular flexibility index (Phi) is 4.37. The van der Waals surface area contributed by atoms with Gasteiger partial charge in [0.25, 0.3) is 0 Å². The molecule has 0 unspecified atom stereocenters. The van der Waals surface area contributed by atoms with E-state index in [1.165, 1.54) is 0 Å². The second kappa shape index (κ2) is 6.62. The summed E-state index contributed by atoms with van der Waals surface area (Å²) in [6, 6.07) is 10.8. The molecule has 0 atom stereocenters. The van der Waals surface area contributed by atoms with E-state index in [1.54, 1.807) is 18.2 Å². The maximum absolute atomic E-state index is 12.0. The molecule has 0 saturated heterocycles. The minimum absolute atomic E-state index is 0.162. The van der Waals surface area contributed by atoms with Crippen molar-refractivity contribution in [3.05, 3.63) is 58.1 Å². The summed E-state index contributed by atoms with van der Waals surface area (Å²) in [5.41, 5.74) is 3.82. The van der Waals surface area contributed by atoms with Gasteiger partial charge in [-0.25, -0.2) is 4.79 Å². The predicted molar refractivity (Wildman–Crippen MR) is 91.5 cm³/mol. The van der Waals surface area contributed by atoms with Crippen LogP contribution in [0.15, 0.2) is 45.6 Å². The molecule has 2 N–H and O–H groups in total. The molecule has 0 saturated carbocycles. The standard InChI is InChI=1S/C18H18N2O4/c1-11-4-3-5-15(12(11)2)23-9-8-17(21)19-13-6-7-16-14(10-13)20-18(22)24-16/h3-7,10H,8-9H2,1-2H3,(H,19,21)(H,20,22). The third-order valence-electron chi connectivity index (χ3n) is 3.84. The topological polar surface area (TPSA) is 84.3 Å². The van der Waals surface area contributed by atoms with E-state index in [0.29, 0.717) is 23.4 Å². The Hall–Kier alpha value is -3.02. The number of nitrogens with one attached hydrogen (secondary N) is 2. The number of hydrogen-bond acceptors (Lipinski definition) is 4. The van der Waals surface area contributed by atoms with Crippen LogP contribution in [0.5, 0.6) is 5.75 Å². The summed E-state index contributed by atoms with van der Waals surface area (Å²) in [6.07, 6.45) is 0.229. The molecule has 124 valence electrons. The van der Waals surface area contributed by atoms with Crippen molar-refractivity contribution in [3.8, 4) is 5.75 Å². The maximum Gasteiger partial charge on any atom is 0.417 e. The first kappa shape index (κ1) is 15.9. The molecule has 6 heteroatoms. The molecule has 3 aromatic rings. The van der Waals surface area contributed by atoms with Crippen LogP contribution >= 0.6 is 0 Å². The molecule has 0 bridgehead atoms. The number of rotatable bonds is 5. The molecule has 1 amide bonds. The van der Waals surface area contributed by atoms with Crippen molar-refractivity contribution < 1.29 is 13.9 Å². The van der Waals surface area contributed by atoms with Gasteiger partial charge in [0.2, 0.25) is 5.91 Å². The number of ether oxygens (including phenoxy) is 1. The van der Waals surface area contributed by atoms with Crippen molar-refractivity contribution in [2.24, 2.45) is 0 Å². The Morgan fingerprint density at radius 2 is 2.08 bits per heavy atom. The smallest absolute Gasteiger partial charge is 0.417 e. The quantitative estimate of drug-likeness (QED) is 0.754. The minimum Gasteiger partial charge on any atom is -0.493 e. The summed E-state index contributed by atoms with van der Waals surface area (Å²) in [5, 5.41) is 2.77. The fourth-order valence-electron chi connectivity index (χ4n) is 2.39. The number of benzene rings is 2. The zero-order chi connectivity index (χ0) is 17.1. The highest BCUT2D eigenvalue weighted by atomic mass is 16.5. The molecule has 0 spiro atoms. The van der Waals surface area contributed by atoms with Gasteiger partial charge in [0.05, 0.1) is 18.5 Å². The number of oxazole rings is 1. The highest BCUT2D eigenvalue weighted by Crippen LogP contribution is 2.21. The summed E-state index contributed by atoms with van der Waals surface area (Å²) >= 11 is 0. The van der Waals surface area contributed by atoms with Gasteiger partial charge in [0.15, 0.2) is 5.58 Å². The van der Waals surface area contributed by atoms with Crippen LogP contribution in [0.3, 0.4) is 0 Å². The fraction of sp³-hybridized carbons (Fsp3) is 0.222. The zero-order valence-electron chi connectivity index (χ0n) is 13.5. The highest BCUT2D eigenvalue weighted by Gasteiger charge is 2.07. The minimum atomic E-state index is -0.518. The van der Waals surface area contributed by atoms with Crippen LogP contribution in [-0.2, 0) is 4.79 Å². The lowest BCUT2D eigenvalue weighted by atomic mass is 10.1. The lowest BCUT2D eigenvalue weighted by Gasteiger charge is -2.11. The Morgan fingerprint density at radius 1 is 1.25 bits per heavy atom. The first-order valence-electron chi connectivity index (χ1n) is 7.64. The van der Waals surface area contributed by atoms with Gasteiger partial charge in [-0.3, -0.25) is 9.78 Å². The number of hydrogen-bond donors (Lipinski definition) is 2. The molecular weight excluding hydrogens is 308 g/mol. The summed E-state index contributed by atoms with van der Waals surface area (Å²) in [6.45, 7) is 4.30. The van der Waals surface area contributed by atoms with E-state index in [1.807, 2.05) is 32.0 Å². The van der Waals surface area contributed by atoms with E-state index in [-0.39, 0.29) is 12.3 Å². The van der Waals surface area contributed by atoms with Gasteiger partial charge in [0.1, 0.15) is 5.75 Å². The van der Waals surface area contributed by atoms with E-state index in [9.17, 15) is 9.59 Å². The van der Waals surface area contributed by atoms with E-state index < -0.39 is 5.76 Å². The van der Waals surface area contributed by atoms with E-state index in [2.05, 4.69) is 10.3 Å². The molecule has 0 aliphatic rings. The molecule has 2 aromatic carbocycles. The molecule has 24 heavy (non-hydrogen) atoms. The van der Waals surface area contributed by atoms with Gasteiger partial charge in [0, 0.05) is 5.69 Å². The third-order valence-corrected chi connectivity index (χ3v) is 3.84. The molecule has 0 aliphatic heterocycles. The van der Waals surface area contributed by atoms with Crippen LogP contribution in [0.25, 0.3) is 11.1 Å². The number of H-pyrrole nitrogens is 1. The molecule has 1 heterocycles. The van der Waals surface area contributed by atoms with Crippen LogP contribution in [0.2, 0.25) is 0 Å². The zero-order valence-corrected chi connectivity index (χ0v) is 13.5. The molecule has 0 fully saturated rings. The van der Waals surface area contributed by atoms with Crippen molar-refractivity contribution in [2.45, 2.75) is 20.3 Å². The lowest BCUT2D eigenvalue weighted by molar-refractivity contribution is -0.116. The average Bonchev–Trinajstić information content (AvgIpc) is 2.91. The number of carbonyl (C=O) groups excluding carboxylic acids is 1. The molecule has 0 aliphatic carbocycles. The third kappa shape index (κ3) is 3.48. The Morgan fingerprint density at radius 3 is 2.92 bits per heavy atom. The number of carbonyl (C=O) groups is 1. The van der Waals surface area contributed by atoms with Crippen molar-refractivity contribution >= 4 is 22.7 Å². The Balaban J connectivity index is 1.56. The first-order chi connectivity index (χ1) is 11.5. The summed E-state index contributed by atoms with van der Waals surface area (Å²) in [5.74, 6) is 0.112. The van der Waals surface area contributed by atoms with Crippen molar-refractivity contribution in [2.75, 3.05) is 11.9 Å². The van der Waals surface area contributed by atoms with Gasteiger partial charge in [-0.2, -0.15) is 0 Å². The van der Waals surface area contributed by atoms with Crippen LogP contribution in [-0.4, -0.2) is 17.5 Å². The van der Waals surface area contributed by atoms with E-state index in [4.69, 9.17) is 9.15 Å². The molecule has 1 aromatic heterocycles. The number of anilines is 1. The van der Waals surface area contributed by atoms with Crippen molar-refractivity contribution in [3.63, 3.8) is 0 Å². The maximum atomic E-state index is 12.0. The van der Waals surface area contributed by atoms with Crippen molar-refractivity contribution in [1.29, 1.82) is 0 Å². The second-order valence-electron chi connectivity index (χ2n) is 5.57. The predicted octanol–water partition coefficient (Wildman–Crippen LogP) is 3.15. The van der Waals surface area contributed by atoms with Crippen molar-refractivity contribution in [1.82, 2.24) is 4.98 Å². The highest BCUT2D eigenvalue weighted by molar-refractivity contribution is 5.92. The lowest BCUT2D eigenvalue weighted by Crippen LogP contribution is -2.15. The Bertz CT molecular complexity index is 940. The molecule has 0 radical (unpaired) electrons. The summed E-state index contributed by atoms with van der Waals surface area (Å²) in [4.78, 5) is 25.7. The SMILES string of the molecule is Cc1cccc(OCCC(=O)Nc2ccc3oc(=O)[nH]c3c2)c1C. The fourth-order valence-corrected chi connectivity index (χ4v) is 2.39. The summed E-state index contributed by atoms with van der Waals surface area (Å²) in [7, 11) is 0. The first-order valence-corrected chi connectivity index (χ1v) is 7.64. The van der Waals surface area contributed by atoms with Crippen LogP contribution < -0.4 is 15.8 Å². The van der Waals surface area contributed by atoms with E-state index in [0.717, 1.165) is 16.9 Å². The van der Waals surface area contributed by atoms with Gasteiger partial charge >= 0.3 is 5.76 Å². The van der Waals surface area contributed by atoms with Gasteiger partial charge < -0.3 is 14.5 Å². The second-order valence-corrected chi connectivity index (χ2v) is 5.57. The average molecular weight is 326 g/mol. The number of fused-ring (bicyclic) bond motifs is 1. The molecule has 6 nitrogen and oxygen atoms in total.